The predicted molar refractivity (Wildman–Crippen MR) is 252 cm³/mol. The summed E-state index contributed by atoms with van der Waals surface area (Å²) in [6, 6.07) is 26.0. The Kier molecular flexibility index (Phi) is 16.9. The van der Waals surface area contributed by atoms with Crippen LogP contribution in [0.2, 0.25) is 0 Å². The van der Waals surface area contributed by atoms with Gasteiger partial charge in [-0.3, -0.25) is 28.8 Å². The molecule has 0 radical (unpaired) electrons. The molecular weight excluding hydrogens is 817 g/mol. The number of carbonyl (C=O) groups excluding carboxylic acids is 6. The molecule has 2 saturated carbocycles. The van der Waals surface area contributed by atoms with Gasteiger partial charge in [0.1, 0.15) is 0 Å². The second-order valence-electron chi connectivity index (χ2n) is 19.0. The first kappa shape index (κ1) is 47.4. The summed E-state index contributed by atoms with van der Waals surface area (Å²) in [6.07, 6.45) is 16.5. The number of hydrogen-bond acceptors (Lipinski definition) is 6. The first-order chi connectivity index (χ1) is 31.6. The largest absolute Gasteiger partial charge is 0.356 e. The van der Waals surface area contributed by atoms with Crippen molar-refractivity contribution in [2.75, 3.05) is 32.7 Å². The molecule has 8 atom stereocenters. The van der Waals surface area contributed by atoms with Gasteiger partial charge in [-0.1, -0.05) is 138 Å². The van der Waals surface area contributed by atoms with E-state index in [9.17, 15) is 28.8 Å². The van der Waals surface area contributed by atoms with Crippen LogP contribution in [0.15, 0.2) is 84.9 Å². The zero-order valence-corrected chi connectivity index (χ0v) is 38.5. The van der Waals surface area contributed by atoms with Gasteiger partial charge in [0, 0.05) is 74.7 Å². The van der Waals surface area contributed by atoms with Crippen molar-refractivity contribution in [1.29, 1.82) is 0 Å². The Morgan fingerprint density at radius 3 is 1.34 bits per heavy atom. The summed E-state index contributed by atoms with van der Waals surface area (Å²) in [6.45, 7) is 4.76. The van der Waals surface area contributed by atoms with E-state index in [1.807, 2.05) is 36.4 Å². The smallest absolute Gasteiger partial charge is 0.253 e. The van der Waals surface area contributed by atoms with Crippen molar-refractivity contribution < 1.29 is 28.8 Å². The zero-order chi connectivity index (χ0) is 45.7. The van der Waals surface area contributed by atoms with Crippen molar-refractivity contribution in [1.82, 2.24) is 31.1 Å². The standard InChI is InChI=1S/C53H70N6O6/c1-3-4-5-6-7-8-9-10-11-12-13-20-29-54-49(61)45-34-59(35-48(45)55-36(2)60)53(65)40-27-25-39(26-28-40)52(64)58-32-43(50(62)56-46-30-41(46)37-21-16-14-17-22-37)44(33-58)51(63)57-47-31-42(47)38-23-18-15-19-24-38/h14-19,21-28,41-48H,3-13,20,29-35H2,1-2H3,(H,54,61)(H,55,60)(H,56,62)(H,57,63)/t41-,42-,43-,44-,45-,46+,47+,48-/m1/s1. The molecule has 348 valence electrons. The fourth-order valence-electron chi connectivity index (χ4n) is 10.00. The van der Waals surface area contributed by atoms with Crippen LogP contribution >= 0.6 is 0 Å². The molecule has 0 aromatic heterocycles. The summed E-state index contributed by atoms with van der Waals surface area (Å²) in [4.78, 5) is 84.4. The number of benzene rings is 3. The van der Waals surface area contributed by atoms with Crippen LogP contribution in [-0.4, -0.2) is 96.1 Å². The van der Waals surface area contributed by atoms with Gasteiger partial charge in [-0.15, -0.1) is 0 Å². The average molecular weight is 887 g/mol. The summed E-state index contributed by atoms with van der Waals surface area (Å²) >= 11 is 0. The molecule has 0 unspecified atom stereocenters. The second kappa shape index (κ2) is 23.1. The van der Waals surface area contributed by atoms with Gasteiger partial charge >= 0.3 is 0 Å². The van der Waals surface area contributed by atoms with Crippen LogP contribution in [0.25, 0.3) is 0 Å². The Morgan fingerprint density at radius 1 is 0.477 bits per heavy atom. The lowest BCUT2D eigenvalue weighted by Crippen LogP contribution is -2.45. The minimum absolute atomic E-state index is 0.0211. The van der Waals surface area contributed by atoms with Gasteiger partial charge in [-0.2, -0.15) is 0 Å². The SMILES string of the molecule is CCCCCCCCCCCCCCNC(=O)[C@@H]1CN(C(=O)c2ccc(C(=O)N3C[C@@H](C(=O)N[C@H]4C[C@@H]4c4ccccc4)[C@H](C(=O)N[C@H]4C[C@@H]4c4ccccc4)C3)cc2)C[C@H]1NC(C)=O. The maximum absolute atomic E-state index is 14.0. The summed E-state index contributed by atoms with van der Waals surface area (Å²) in [5.74, 6) is -3.07. The van der Waals surface area contributed by atoms with Crippen LogP contribution in [0.5, 0.6) is 0 Å². The molecule has 2 aliphatic carbocycles. The molecule has 3 aromatic carbocycles. The molecule has 0 bridgehead atoms. The van der Waals surface area contributed by atoms with Crippen LogP contribution in [0, 0.1) is 17.8 Å². The van der Waals surface area contributed by atoms with Gasteiger partial charge in [-0.25, -0.2) is 0 Å². The maximum atomic E-state index is 14.0. The summed E-state index contributed by atoms with van der Waals surface area (Å²) < 4.78 is 0. The number of amides is 6. The number of unbranched alkanes of at least 4 members (excludes halogenated alkanes) is 11. The lowest BCUT2D eigenvalue weighted by atomic mass is 9.94. The normalized spacial score (nSPS) is 24.3. The highest BCUT2D eigenvalue weighted by molar-refractivity contribution is 5.99. The van der Waals surface area contributed by atoms with Crippen molar-refractivity contribution in [2.45, 2.75) is 134 Å². The van der Waals surface area contributed by atoms with Crippen molar-refractivity contribution >= 4 is 35.4 Å². The van der Waals surface area contributed by atoms with Gasteiger partial charge in [0.25, 0.3) is 11.8 Å². The molecule has 4 N–H and O–H groups in total. The molecule has 12 heteroatoms. The first-order valence-electron chi connectivity index (χ1n) is 24.5. The van der Waals surface area contributed by atoms with Gasteiger partial charge in [-0.05, 0) is 54.7 Å². The third kappa shape index (κ3) is 13.1. The molecule has 0 spiro atoms. The number of nitrogens with zero attached hydrogens (tertiary/aromatic N) is 2. The Morgan fingerprint density at radius 2 is 0.892 bits per heavy atom. The van der Waals surface area contributed by atoms with E-state index in [2.05, 4.69) is 52.5 Å². The average Bonchev–Trinajstić information content (AvgIpc) is 4.17. The number of nitrogens with one attached hydrogen (secondary N) is 4. The fourth-order valence-corrected chi connectivity index (χ4v) is 10.00. The lowest BCUT2D eigenvalue weighted by Gasteiger charge is -2.18. The van der Waals surface area contributed by atoms with Crippen molar-refractivity contribution in [3.8, 4) is 0 Å². The molecule has 3 aromatic rings. The quantitative estimate of drug-likeness (QED) is 0.0744. The molecule has 65 heavy (non-hydrogen) atoms. The Balaban J connectivity index is 0.907. The second-order valence-corrected chi connectivity index (χ2v) is 19.0. The molecule has 2 saturated heterocycles. The van der Waals surface area contributed by atoms with E-state index in [1.165, 1.54) is 75.8 Å². The number of hydrogen-bond donors (Lipinski definition) is 4. The van der Waals surface area contributed by atoms with Crippen molar-refractivity contribution in [3.63, 3.8) is 0 Å². The van der Waals surface area contributed by atoms with Crippen LogP contribution in [0.4, 0.5) is 0 Å². The van der Waals surface area contributed by atoms with Crippen molar-refractivity contribution in [2.24, 2.45) is 17.8 Å². The van der Waals surface area contributed by atoms with Gasteiger partial charge in [0.2, 0.25) is 23.6 Å². The van der Waals surface area contributed by atoms with E-state index in [1.54, 1.807) is 34.1 Å². The molecule has 6 amide bonds. The monoisotopic (exact) mass is 887 g/mol. The fraction of sp³-hybridized carbons (Fsp3) is 0.547. The number of likely N-dealkylation sites (tertiary alicyclic amines) is 2. The highest BCUT2D eigenvalue weighted by Crippen LogP contribution is 2.42. The van der Waals surface area contributed by atoms with Crippen LogP contribution in [0.3, 0.4) is 0 Å². The predicted octanol–water partition coefficient (Wildman–Crippen LogP) is 7.11. The maximum Gasteiger partial charge on any atom is 0.253 e. The zero-order valence-electron chi connectivity index (χ0n) is 38.5. The first-order valence-corrected chi connectivity index (χ1v) is 24.5. The molecule has 12 nitrogen and oxygen atoms in total. The van der Waals surface area contributed by atoms with Crippen LogP contribution in [-0.2, 0) is 19.2 Å². The molecule has 4 fully saturated rings. The third-order valence-corrected chi connectivity index (χ3v) is 14.0. The van der Waals surface area contributed by atoms with E-state index in [0.29, 0.717) is 17.7 Å². The Labute approximate surface area is 385 Å². The topological polar surface area (TPSA) is 157 Å². The van der Waals surface area contributed by atoms with Crippen LogP contribution < -0.4 is 21.3 Å². The van der Waals surface area contributed by atoms with Crippen molar-refractivity contribution in [3.05, 3.63) is 107 Å². The summed E-state index contributed by atoms with van der Waals surface area (Å²) in [5.41, 5.74) is 3.03. The number of rotatable bonds is 23. The van der Waals surface area contributed by atoms with E-state index in [-0.39, 0.29) is 85.5 Å². The van der Waals surface area contributed by atoms with E-state index < -0.39 is 23.8 Å². The minimum atomic E-state index is -0.716. The highest BCUT2D eigenvalue weighted by Gasteiger charge is 2.49. The van der Waals surface area contributed by atoms with E-state index in [0.717, 1.165) is 32.1 Å². The molecule has 7 rings (SSSR count). The van der Waals surface area contributed by atoms with E-state index in [4.69, 9.17) is 0 Å². The minimum Gasteiger partial charge on any atom is -0.356 e. The highest BCUT2D eigenvalue weighted by atomic mass is 16.2. The van der Waals surface area contributed by atoms with Crippen LogP contribution in [0.1, 0.15) is 147 Å². The van der Waals surface area contributed by atoms with Gasteiger partial charge in [0.05, 0.1) is 23.8 Å². The van der Waals surface area contributed by atoms with E-state index >= 15 is 0 Å². The molecule has 2 heterocycles. The lowest BCUT2D eigenvalue weighted by molar-refractivity contribution is -0.133. The summed E-state index contributed by atoms with van der Waals surface area (Å²) in [5, 5.41) is 12.3. The Hall–Kier alpha value is -5.52. The third-order valence-electron chi connectivity index (χ3n) is 14.0. The molecular formula is C53H70N6O6. The summed E-state index contributed by atoms with van der Waals surface area (Å²) in [7, 11) is 0. The number of carbonyl (C=O) groups is 6. The van der Waals surface area contributed by atoms with Gasteiger partial charge < -0.3 is 31.1 Å². The molecule has 2 aliphatic heterocycles. The Bertz CT molecular complexity index is 2010. The van der Waals surface area contributed by atoms with Gasteiger partial charge in [0.15, 0.2) is 0 Å². The molecule has 4 aliphatic rings.